The van der Waals surface area contributed by atoms with Gasteiger partial charge in [-0.3, -0.25) is 19.2 Å². The number of aliphatic hydroxyl groups excluding tert-OH is 4. The van der Waals surface area contributed by atoms with Crippen LogP contribution in [0.25, 0.3) is 0 Å². The van der Waals surface area contributed by atoms with E-state index in [1.165, 1.54) is 4.90 Å². The molecule has 0 aromatic heterocycles. The molecule has 360 valence electrons. The van der Waals surface area contributed by atoms with E-state index in [2.05, 4.69) is 0 Å². The van der Waals surface area contributed by atoms with Gasteiger partial charge >= 0.3 is 5.97 Å². The summed E-state index contributed by atoms with van der Waals surface area (Å²) < 4.78 is 18.5. The molecule has 13 nitrogen and oxygen atoms in total. The molecule has 2 bridgehead atoms. The van der Waals surface area contributed by atoms with Crippen LogP contribution >= 0.6 is 0 Å². The molecule has 2 saturated heterocycles. The molecule has 4 aliphatic rings. The quantitative estimate of drug-likeness (QED) is 0.178. The normalized spacial score (nSPS) is 37.9. The zero-order valence-electron chi connectivity index (χ0n) is 39.7. The maximum atomic E-state index is 14.3. The van der Waals surface area contributed by atoms with Crippen molar-refractivity contribution in [1.29, 1.82) is 0 Å². The number of carbonyl (C=O) groups excluding carboxylic acids is 5. The van der Waals surface area contributed by atoms with Gasteiger partial charge in [0.05, 0.1) is 36.9 Å². The highest BCUT2D eigenvalue weighted by Crippen LogP contribution is 2.36. The summed E-state index contributed by atoms with van der Waals surface area (Å²) >= 11 is 0. The molecule has 1 amide bonds. The molecule has 4 rings (SSSR count). The molecule has 0 spiro atoms. The van der Waals surface area contributed by atoms with Crippen LogP contribution in [0.4, 0.5) is 0 Å². The molecule has 15 atom stereocenters. The van der Waals surface area contributed by atoms with E-state index in [1.54, 1.807) is 34.0 Å². The SMILES string of the molecule is CO[C@H]1C[C@@H]2CC[C@@H](C)[C@@H](O2)C(=O)C(=O)N2CCCC[C@H]2C(=O)O[C@H]([C@H](C)C[C@@H]2CC[C@@H](O)[C@H](CO)C2)CC(=O)/C(C)=C/C(C)[C@@H](O)[C@@H](CO)C(=O)[C@H](C)C[C@H](C)C=CC=CC=C1C. The van der Waals surface area contributed by atoms with E-state index in [0.29, 0.717) is 69.8 Å². The summed E-state index contributed by atoms with van der Waals surface area (Å²) in [5.74, 6) is -5.68. The van der Waals surface area contributed by atoms with Gasteiger partial charge in [0.2, 0.25) is 5.78 Å². The van der Waals surface area contributed by atoms with Crippen molar-refractivity contribution in [2.45, 2.75) is 168 Å². The van der Waals surface area contributed by atoms with Crippen LogP contribution in [0.15, 0.2) is 47.6 Å². The lowest BCUT2D eigenvalue weighted by Gasteiger charge is -2.39. The average molecular weight is 898 g/mol. The second-order valence-corrected chi connectivity index (χ2v) is 19.8. The van der Waals surface area contributed by atoms with Gasteiger partial charge in [-0.1, -0.05) is 71.1 Å². The highest BCUT2D eigenvalue weighted by molar-refractivity contribution is 6.38. The van der Waals surface area contributed by atoms with Gasteiger partial charge in [-0.2, -0.15) is 0 Å². The number of piperidine rings is 1. The Hall–Kier alpha value is -3.33. The van der Waals surface area contributed by atoms with Crippen LogP contribution in [0, 0.1) is 47.3 Å². The van der Waals surface area contributed by atoms with Gasteiger partial charge in [0.1, 0.15) is 24.0 Å². The van der Waals surface area contributed by atoms with Crippen molar-refractivity contribution < 1.29 is 58.6 Å². The number of Topliss-reactive ketones (excluding diaryl/α,β-unsaturated/α-hetero) is 3. The number of rotatable bonds is 6. The first-order valence-electron chi connectivity index (χ1n) is 24.0. The highest BCUT2D eigenvalue weighted by atomic mass is 16.5. The minimum Gasteiger partial charge on any atom is -0.460 e. The second kappa shape index (κ2) is 25.5. The lowest BCUT2D eigenvalue weighted by atomic mass is 9.75. The van der Waals surface area contributed by atoms with Crippen LogP contribution < -0.4 is 0 Å². The summed E-state index contributed by atoms with van der Waals surface area (Å²) in [5, 5.41) is 42.1. The number of cyclic esters (lactones) is 1. The van der Waals surface area contributed by atoms with Crippen molar-refractivity contribution in [3.8, 4) is 0 Å². The largest absolute Gasteiger partial charge is 0.460 e. The number of esters is 1. The van der Waals surface area contributed by atoms with Gasteiger partial charge in [0, 0.05) is 50.9 Å². The van der Waals surface area contributed by atoms with E-state index in [-0.39, 0.29) is 79.4 Å². The Kier molecular flexibility index (Phi) is 21.3. The van der Waals surface area contributed by atoms with Crippen molar-refractivity contribution in [3.05, 3.63) is 47.6 Å². The van der Waals surface area contributed by atoms with E-state index in [9.17, 15) is 44.4 Å². The minimum absolute atomic E-state index is 0.0180. The van der Waals surface area contributed by atoms with E-state index in [1.807, 2.05) is 58.1 Å². The predicted molar refractivity (Wildman–Crippen MR) is 244 cm³/mol. The topological polar surface area (TPSA) is 197 Å². The number of ketones is 3. The number of ether oxygens (including phenoxy) is 3. The summed E-state index contributed by atoms with van der Waals surface area (Å²) in [6.07, 6.45) is 12.9. The standard InChI is InChI=1S/C51H79NO12/c1-30-14-10-9-11-15-31(2)44(62-8)26-39-19-17-32(3)49(63-39)48(59)50(60)52-21-13-12-16-41(52)51(61)64-45(34(5)24-37-18-20-42(55)38(25-37)28-53)27-43(56)33(4)23-36(7)47(58)40(29-54)46(57)35(6)22-30/h9-11,14-15,23,30,32,34-42,44-45,47,49,53-55,58H,12-13,16-22,24-29H2,1-8H3/b11-9?,14-10?,31-15?,33-23+/t30-,32-,34-,35-,36?,37+,38+,39+,40+,41+,42-,44+,45+,47-,49-/m1/s1. The number of carbonyl (C=O) groups is 5. The molecule has 13 heteroatoms. The van der Waals surface area contributed by atoms with Crippen molar-refractivity contribution in [3.63, 3.8) is 0 Å². The van der Waals surface area contributed by atoms with Gasteiger partial charge in [0.25, 0.3) is 5.91 Å². The molecule has 1 saturated carbocycles. The summed E-state index contributed by atoms with van der Waals surface area (Å²) in [6, 6.07) is -1.04. The Morgan fingerprint density at radius 2 is 1.61 bits per heavy atom. The molecule has 3 fully saturated rings. The van der Waals surface area contributed by atoms with Crippen LogP contribution in [-0.4, -0.2) is 124 Å². The Morgan fingerprint density at radius 1 is 0.875 bits per heavy atom. The maximum Gasteiger partial charge on any atom is 0.329 e. The number of nitrogens with zero attached hydrogens (tertiary/aromatic N) is 1. The van der Waals surface area contributed by atoms with Crippen LogP contribution in [0.5, 0.6) is 0 Å². The lowest BCUT2D eigenvalue weighted by molar-refractivity contribution is -0.170. The smallest absolute Gasteiger partial charge is 0.329 e. The molecule has 1 aliphatic carbocycles. The summed E-state index contributed by atoms with van der Waals surface area (Å²) in [7, 11) is 1.63. The number of methoxy groups -OCH3 is 1. The van der Waals surface area contributed by atoms with E-state index >= 15 is 0 Å². The summed E-state index contributed by atoms with van der Waals surface area (Å²) in [6.45, 7) is 12.4. The number of allylic oxidation sites excluding steroid dienone is 6. The number of aliphatic hydroxyl groups is 4. The minimum atomic E-state index is -1.27. The molecule has 1 unspecified atom stereocenters. The lowest BCUT2D eigenvalue weighted by Crippen LogP contribution is -2.55. The van der Waals surface area contributed by atoms with Crippen LogP contribution in [0.3, 0.4) is 0 Å². The monoisotopic (exact) mass is 898 g/mol. The molecule has 4 N–H and O–H groups in total. The van der Waals surface area contributed by atoms with Crippen LogP contribution in [-0.2, 0) is 38.2 Å². The van der Waals surface area contributed by atoms with Gasteiger partial charge < -0.3 is 39.5 Å². The average Bonchev–Trinajstić information content (AvgIpc) is 3.27. The molecule has 0 aromatic carbocycles. The Balaban J connectivity index is 1.68. The zero-order valence-corrected chi connectivity index (χ0v) is 39.7. The van der Waals surface area contributed by atoms with Gasteiger partial charge in [-0.25, -0.2) is 4.79 Å². The highest BCUT2D eigenvalue weighted by Gasteiger charge is 2.44. The number of hydrogen-bond donors (Lipinski definition) is 4. The van der Waals surface area contributed by atoms with E-state index in [0.717, 1.165) is 5.57 Å². The molecule has 64 heavy (non-hydrogen) atoms. The van der Waals surface area contributed by atoms with Crippen LogP contribution in [0.1, 0.15) is 126 Å². The van der Waals surface area contributed by atoms with Crippen molar-refractivity contribution in [2.75, 3.05) is 26.9 Å². The Bertz CT molecular complexity index is 1700. The molecular weight excluding hydrogens is 819 g/mol. The van der Waals surface area contributed by atoms with Gasteiger partial charge in [0.15, 0.2) is 5.78 Å². The Morgan fingerprint density at radius 3 is 2.30 bits per heavy atom. The fourth-order valence-electron chi connectivity index (χ4n) is 10.3. The van der Waals surface area contributed by atoms with E-state index < -0.39 is 72.5 Å². The summed E-state index contributed by atoms with van der Waals surface area (Å²) in [5.41, 5.74) is 1.25. The fourth-order valence-corrected chi connectivity index (χ4v) is 10.3. The Labute approximate surface area is 381 Å². The number of fused-ring (bicyclic) bond motifs is 3. The van der Waals surface area contributed by atoms with Crippen molar-refractivity contribution in [2.24, 2.45) is 47.3 Å². The third kappa shape index (κ3) is 14.6. The first kappa shape index (κ1) is 53.3. The second-order valence-electron chi connectivity index (χ2n) is 19.8. The van der Waals surface area contributed by atoms with Gasteiger partial charge in [-0.05, 0) is 113 Å². The predicted octanol–water partition coefficient (Wildman–Crippen LogP) is 6.05. The van der Waals surface area contributed by atoms with Crippen molar-refractivity contribution in [1.82, 2.24) is 4.90 Å². The first-order chi connectivity index (χ1) is 30.4. The van der Waals surface area contributed by atoms with Crippen molar-refractivity contribution >= 4 is 29.2 Å². The zero-order chi connectivity index (χ0) is 47.2. The maximum absolute atomic E-state index is 14.3. The molecular formula is C51H79NO12. The molecule has 3 aliphatic heterocycles. The first-order valence-corrected chi connectivity index (χ1v) is 24.0. The fraction of sp³-hybridized carbons (Fsp3) is 0.745. The van der Waals surface area contributed by atoms with Gasteiger partial charge in [-0.15, -0.1) is 0 Å². The summed E-state index contributed by atoms with van der Waals surface area (Å²) in [4.78, 5) is 71.6. The third-order valence-electron chi connectivity index (χ3n) is 14.6. The molecule has 0 aromatic rings. The third-order valence-corrected chi connectivity index (χ3v) is 14.6. The molecule has 0 radical (unpaired) electrons. The molecule has 3 heterocycles. The number of amides is 1. The van der Waals surface area contributed by atoms with Crippen LogP contribution in [0.2, 0.25) is 0 Å². The number of hydrogen-bond acceptors (Lipinski definition) is 12. The van der Waals surface area contributed by atoms with E-state index in [4.69, 9.17) is 14.2 Å².